The molecule has 1 unspecified atom stereocenters. The molecule has 1 aromatic carbocycles. The molecule has 5 heteroatoms. The van der Waals surface area contributed by atoms with E-state index in [1.54, 1.807) is 7.11 Å². The first-order chi connectivity index (χ1) is 14.9. The Morgan fingerprint density at radius 1 is 0.968 bits per heavy atom. The van der Waals surface area contributed by atoms with Crippen LogP contribution < -0.4 is 9.47 Å². The van der Waals surface area contributed by atoms with Gasteiger partial charge in [0.05, 0.1) is 25.3 Å². The average Bonchev–Trinajstić information content (AvgIpc) is 2.76. The van der Waals surface area contributed by atoms with Crippen molar-refractivity contribution in [3.05, 3.63) is 46.6 Å². The van der Waals surface area contributed by atoms with Gasteiger partial charge in [0.2, 0.25) is 0 Å². The van der Waals surface area contributed by atoms with Crippen molar-refractivity contribution in [1.29, 1.82) is 0 Å². The van der Waals surface area contributed by atoms with Gasteiger partial charge in [-0.05, 0) is 50.7 Å². The fourth-order valence-electron chi connectivity index (χ4n) is 3.81. The molecule has 2 rings (SSSR count). The molecule has 4 nitrogen and oxygen atoms in total. The number of carbonyl (C=O) groups excluding carboxylic acids is 2. The minimum absolute atomic E-state index is 0.119. The predicted molar refractivity (Wildman–Crippen MR) is 130 cm³/mol. The highest BCUT2D eigenvalue weighted by atomic mass is 32.2. The lowest BCUT2D eigenvalue weighted by molar-refractivity contribution is 0.0988. The number of methoxy groups -OCH3 is 2. The summed E-state index contributed by atoms with van der Waals surface area (Å²) in [5, 5.41) is 0.119. The Labute approximate surface area is 191 Å². The van der Waals surface area contributed by atoms with E-state index in [1.165, 1.54) is 63.4 Å². The van der Waals surface area contributed by atoms with Crippen LogP contribution in [0.5, 0.6) is 11.5 Å². The second-order valence-electron chi connectivity index (χ2n) is 8.16. The highest BCUT2D eigenvalue weighted by Gasteiger charge is 2.31. The number of unbranched alkanes of at least 4 members (excludes halogenated alkanes) is 5. The maximum atomic E-state index is 12.7. The van der Waals surface area contributed by atoms with Gasteiger partial charge in [0, 0.05) is 10.8 Å². The van der Waals surface area contributed by atoms with Crippen LogP contribution in [-0.2, 0) is 0 Å². The van der Waals surface area contributed by atoms with E-state index >= 15 is 0 Å². The first-order valence-corrected chi connectivity index (χ1v) is 12.3. The Hall–Kier alpha value is -2.01. The van der Waals surface area contributed by atoms with Gasteiger partial charge in [0.1, 0.15) is 11.5 Å². The maximum absolute atomic E-state index is 12.7. The van der Waals surface area contributed by atoms with Crippen molar-refractivity contribution in [1.82, 2.24) is 0 Å². The van der Waals surface area contributed by atoms with Gasteiger partial charge in [-0.1, -0.05) is 50.7 Å². The molecule has 0 N–H and O–H groups in total. The molecule has 0 saturated carbocycles. The summed E-state index contributed by atoms with van der Waals surface area (Å²) < 4.78 is 11.3. The van der Waals surface area contributed by atoms with Gasteiger partial charge in [-0.25, -0.2) is 0 Å². The summed E-state index contributed by atoms with van der Waals surface area (Å²) in [4.78, 5) is 25.2. The summed E-state index contributed by atoms with van der Waals surface area (Å²) >= 11 is 1.89. The Balaban J connectivity index is 2.34. The number of hydrogen-bond donors (Lipinski definition) is 0. The van der Waals surface area contributed by atoms with Crippen LogP contribution in [0.1, 0.15) is 97.2 Å². The topological polar surface area (TPSA) is 52.6 Å². The molecule has 170 valence electrons. The summed E-state index contributed by atoms with van der Waals surface area (Å²) in [6, 6.07) is 1.89. The Morgan fingerprint density at radius 2 is 1.61 bits per heavy atom. The third-order valence-corrected chi connectivity index (χ3v) is 6.85. The minimum atomic E-state index is -0.225. The van der Waals surface area contributed by atoms with E-state index < -0.39 is 0 Å². The zero-order valence-electron chi connectivity index (χ0n) is 19.6. The normalized spacial score (nSPS) is 13.7. The maximum Gasteiger partial charge on any atom is 0.190 e. The second kappa shape index (κ2) is 12.7. The molecule has 1 aliphatic carbocycles. The number of allylic oxidation sites excluding steroid dienone is 4. The van der Waals surface area contributed by atoms with Crippen molar-refractivity contribution in [3.8, 4) is 11.5 Å². The minimum Gasteiger partial charge on any atom is -0.496 e. The largest absolute Gasteiger partial charge is 0.496 e. The van der Waals surface area contributed by atoms with E-state index in [4.69, 9.17) is 9.47 Å². The van der Waals surface area contributed by atoms with Gasteiger partial charge >= 0.3 is 0 Å². The van der Waals surface area contributed by atoms with Gasteiger partial charge in [0.25, 0.3) is 0 Å². The predicted octanol–water partition coefficient (Wildman–Crippen LogP) is 7.13. The molecule has 0 spiro atoms. The number of ketones is 2. The quantitative estimate of drug-likeness (QED) is 0.239. The lowest BCUT2D eigenvalue weighted by Crippen LogP contribution is -2.16. The van der Waals surface area contributed by atoms with E-state index in [1.807, 2.05) is 17.8 Å². The van der Waals surface area contributed by atoms with Crippen molar-refractivity contribution in [2.24, 2.45) is 0 Å². The molecular formula is C26H36O4S. The van der Waals surface area contributed by atoms with E-state index in [0.717, 1.165) is 17.7 Å². The number of benzene rings is 1. The van der Waals surface area contributed by atoms with Gasteiger partial charge in [-0.3, -0.25) is 9.59 Å². The molecule has 0 aromatic heterocycles. The van der Waals surface area contributed by atoms with Crippen LogP contribution in [0.25, 0.3) is 0 Å². The summed E-state index contributed by atoms with van der Waals surface area (Å²) in [7, 11) is 3.11. The second-order valence-corrected chi connectivity index (χ2v) is 9.47. The van der Waals surface area contributed by atoms with Crippen molar-refractivity contribution in [2.45, 2.75) is 71.0 Å². The molecule has 1 atom stereocenters. The van der Waals surface area contributed by atoms with Crippen LogP contribution in [-0.4, -0.2) is 31.5 Å². The molecule has 0 fully saturated rings. The summed E-state index contributed by atoms with van der Waals surface area (Å²) in [6.07, 6.45) is 13.3. The first-order valence-electron chi connectivity index (χ1n) is 11.2. The van der Waals surface area contributed by atoms with Crippen LogP contribution in [0.15, 0.2) is 29.9 Å². The van der Waals surface area contributed by atoms with E-state index in [-0.39, 0.29) is 16.8 Å². The number of carbonyl (C=O) groups is 2. The highest BCUT2D eigenvalue weighted by molar-refractivity contribution is 7.99. The molecule has 1 aliphatic rings. The molecule has 0 heterocycles. The monoisotopic (exact) mass is 444 g/mol. The van der Waals surface area contributed by atoms with Crippen LogP contribution in [0.2, 0.25) is 0 Å². The van der Waals surface area contributed by atoms with E-state index in [9.17, 15) is 9.59 Å². The lowest BCUT2D eigenvalue weighted by Gasteiger charge is -2.24. The molecule has 0 bridgehead atoms. The summed E-state index contributed by atoms with van der Waals surface area (Å²) in [5.74, 6) is 1.55. The highest BCUT2D eigenvalue weighted by Crippen LogP contribution is 2.45. The number of rotatable bonds is 13. The molecule has 0 aliphatic heterocycles. The average molecular weight is 445 g/mol. The fraction of sp³-hybridized carbons (Fsp3) is 0.538. The van der Waals surface area contributed by atoms with Crippen molar-refractivity contribution >= 4 is 23.3 Å². The van der Waals surface area contributed by atoms with Gasteiger partial charge in [-0.2, -0.15) is 11.8 Å². The van der Waals surface area contributed by atoms with Gasteiger partial charge in [-0.15, -0.1) is 0 Å². The van der Waals surface area contributed by atoms with E-state index in [2.05, 4.69) is 26.8 Å². The third-order valence-electron chi connectivity index (χ3n) is 5.48. The van der Waals surface area contributed by atoms with Gasteiger partial charge in [0.15, 0.2) is 11.6 Å². The molecule has 0 saturated heterocycles. The third kappa shape index (κ3) is 6.73. The van der Waals surface area contributed by atoms with Crippen molar-refractivity contribution in [3.63, 3.8) is 0 Å². The van der Waals surface area contributed by atoms with Crippen molar-refractivity contribution < 1.29 is 19.1 Å². The molecule has 0 radical (unpaired) electrons. The number of ether oxygens (including phenoxy) is 2. The number of thioether (sulfide) groups is 1. The Kier molecular flexibility index (Phi) is 10.4. The SMILES string of the molecule is CCCCCCCCSC(CC=C(C)C)c1cc(OC)c2c(c1OC)C(=O)C=CC2=O. The number of fused-ring (bicyclic) bond motifs is 1. The Morgan fingerprint density at radius 3 is 2.23 bits per heavy atom. The van der Waals surface area contributed by atoms with Gasteiger partial charge < -0.3 is 9.47 Å². The molecule has 0 amide bonds. The summed E-state index contributed by atoms with van der Waals surface area (Å²) in [6.45, 7) is 6.41. The lowest BCUT2D eigenvalue weighted by atomic mass is 9.89. The Bertz CT molecular complexity index is 834. The molecule has 31 heavy (non-hydrogen) atoms. The van der Waals surface area contributed by atoms with Crippen molar-refractivity contribution in [2.75, 3.05) is 20.0 Å². The number of hydrogen-bond acceptors (Lipinski definition) is 5. The van der Waals surface area contributed by atoms with Crippen LogP contribution in [0.4, 0.5) is 0 Å². The van der Waals surface area contributed by atoms with Crippen LogP contribution >= 0.6 is 11.8 Å². The van der Waals surface area contributed by atoms with E-state index in [0.29, 0.717) is 22.6 Å². The fourth-order valence-corrected chi connectivity index (χ4v) is 5.06. The molecular weight excluding hydrogens is 408 g/mol. The molecule has 1 aromatic rings. The summed E-state index contributed by atoms with van der Waals surface area (Å²) in [5.41, 5.74) is 2.80. The van der Waals surface area contributed by atoms with Crippen LogP contribution in [0.3, 0.4) is 0 Å². The first kappa shape index (κ1) is 25.3. The zero-order valence-corrected chi connectivity index (χ0v) is 20.4. The smallest absolute Gasteiger partial charge is 0.190 e. The van der Waals surface area contributed by atoms with Crippen LogP contribution in [0, 0.1) is 0 Å². The zero-order chi connectivity index (χ0) is 22.8. The standard InChI is InChI=1S/C26H36O4S/c1-6-7-8-9-10-11-16-31-23(15-12-18(2)3)19-17-22(29-4)24-20(27)13-14-21(28)25(24)26(19)30-5/h12-14,17,23H,6-11,15-16H2,1-5H3.